The second kappa shape index (κ2) is 9.47. The number of benzene rings is 3. The number of fused-ring (bicyclic) bond motifs is 1. The van der Waals surface area contributed by atoms with Gasteiger partial charge < -0.3 is 15.6 Å². The number of aromatic amines is 1. The summed E-state index contributed by atoms with van der Waals surface area (Å²) in [4.78, 5) is 32.9. The summed E-state index contributed by atoms with van der Waals surface area (Å²) in [6.07, 6.45) is 5.66. The molecule has 3 N–H and O–H groups in total. The molecule has 1 aliphatic carbocycles. The summed E-state index contributed by atoms with van der Waals surface area (Å²) in [5, 5.41) is 5.85. The molecule has 0 radical (unpaired) electrons. The third-order valence-corrected chi connectivity index (χ3v) is 6.22. The molecular formula is C27H25FN4O2. The highest BCUT2D eigenvalue weighted by Gasteiger charge is 2.17. The largest absolute Gasteiger partial charge is 0.349 e. The average molecular weight is 457 g/mol. The Morgan fingerprint density at radius 1 is 0.912 bits per heavy atom. The molecule has 1 heterocycles. The maximum atomic E-state index is 13.8. The Morgan fingerprint density at radius 3 is 2.44 bits per heavy atom. The first-order chi connectivity index (χ1) is 16.6. The van der Waals surface area contributed by atoms with Gasteiger partial charge in [0.25, 0.3) is 11.8 Å². The molecule has 0 spiro atoms. The monoisotopic (exact) mass is 456 g/mol. The van der Waals surface area contributed by atoms with Crippen LogP contribution in [0.5, 0.6) is 0 Å². The minimum atomic E-state index is -0.564. The molecule has 34 heavy (non-hydrogen) atoms. The highest BCUT2D eigenvalue weighted by molar-refractivity contribution is 6.04. The van der Waals surface area contributed by atoms with Gasteiger partial charge in [0, 0.05) is 22.9 Å². The third-order valence-electron chi connectivity index (χ3n) is 6.22. The standard InChI is InChI=1S/C27H25FN4O2/c28-22-9-5-4-8-21(22)27(34)30-20-13-10-17(11-14-20)25-31-23-15-12-18(16-24(23)32-25)26(33)29-19-6-2-1-3-7-19/h4-5,8-16,19H,1-3,6-7H2,(H,29,33)(H,30,34)(H,31,32). The quantitative estimate of drug-likeness (QED) is 0.361. The number of aromatic nitrogens is 2. The SMILES string of the molecule is O=C(NC1CCCCC1)c1ccc2nc(-c3ccc(NC(=O)c4ccccc4F)cc3)[nH]c2c1. The van der Waals surface area contributed by atoms with Crippen LogP contribution in [0.2, 0.25) is 0 Å². The van der Waals surface area contributed by atoms with Crippen molar-refractivity contribution in [3.8, 4) is 11.4 Å². The van der Waals surface area contributed by atoms with E-state index >= 15 is 0 Å². The van der Waals surface area contributed by atoms with E-state index in [1.54, 1.807) is 30.3 Å². The smallest absolute Gasteiger partial charge is 0.258 e. The van der Waals surface area contributed by atoms with Crippen LogP contribution in [0, 0.1) is 5.82 Å². The van der Waals surface area contributed by atoms with Crippen molar-refractivity contribution in [2.45, 2.75) is 38.1 Å². The van der Waals surface area contributed by atoms with Gasteiger partial charge in [-0.2, -0.15) is 0 Å². The van der Waals surface area contributed by atoms with Gasteiger partial charge in [0.15, 0.2) is 0 Å². The lowest BCUT2D eigenvalue weighted by Gasteiger charge is -2.22. The van der Waals surface area contributed by atoms with Gasteiger partial charge in [-0.05, 0) is 67.4 Å². The minimum absolute atomic E-state index is 0.00723. The second-order valence-electron chi connectivity index (χ2n) is 8.64. The van der Waals surface area contributed by atoms with E-state index in [-0.39, 0.29) is 17.5 Å². The zero-order chi connectivity index (χ0) is 23.5. The molecule has 4 aromatic rings. The van der Waals surface area contributed by atoms with E-state index in [1.807, 2.05) is 24.3 Å². The van der Waals surface area contributed by atoms with Crippen LogP contribution in [-0.2, 0) is 0 Å². The first-order valence-corrected chi connectivity index (χ1v) is 11.5. The zero-order valence-electron chi connectivity index (χ0n) is 18.6. The number of amides is 2. The topological polar surface area (TPSA) is 86.9 Å². The Kier molecular flexibility index (Phi) is 6.08. The molecule has 0 atom stereocenters. The fraction of sp³-hybridized carbons (Fsp3) is 0.222. The predicted octanol–water partition coefficient (Wildman–Crippen LogP) is 5.68. The number of hydrogen-bond acceptors (Lipinski definition) is 3. The van der Waals surface area contributed by atoms with Crippen LogP contribution in [0.25, 0.3) is 22.4 Å². The van der Waals surface area contributed by atoms with E-state index in [0.717, 1.165) is 29.4 Å². The Bertz CT molecular complexity index is 1340. The molecule has 6 nitrogen and oxygen atoms in total. The van der Waals surface area contributed by atoms with Gasteiger partial charge in [-0.15, -0.1) is 0 Å². The van der Waals surface area contributed by atoms with E-state index in [4.69, 9.17) is 0 Å². The molecular weight excluding hydrogens is 431 g/mol. The number of carbonyl (C=O) groups is 2. The number of nitrogens with one attached hydrogen (secondary N) is 3. The predicted molar refractivity (Wildman–Crippen MR) is 130 cm³/mol. The van der Waals surface area contributed by atoms with E-state index in [1.165, 1.54) is 31.4 Å². The van der Waals surface area contributed by atoms with Crippen LogP contribution in [0.4, 0.5) is 10.1 Å². The molecule has 0 unspecified atom stereocenters. The number of imidazole rings is 1. The van der Waals surface area contributed by atoms with Crippen molar-refractivity contribution in [3.05, 3.63) is 83.7 Å². The first-order valence-electron chi connectivity index (χ1n) is 11.5. The Hall–Kier alpha value is -4.00. The maximum absolute atomic E-state index is 13.8. The maximum Gasteiger partial charge on any atom is 0.258 e. The summed E-state index contributed by atoms with van der Waals surface area (Å²) < 4.78 is 13.8. The van der Waals surface area contributed by atoms with Gasteiger partial charge in [0.2, 0.25) is 0 Å². The Morgan fingerprint density at radius 2 is 1.68 bits per heavy atom. The molecule has 1 fully saturated rings. The van der Waals surface area contributed by atoms with E-state index in [0.29, 0.717) is 17.1 Å². The fourth-order valence-electron chi connectivity index (χ4n) is 4.36. The molecule has 1 saturated carbocycles. The number of nitrogens with zero attached hydrogens (tertiary/aromatic N) is 1. The van der Waals surface area contributed by atoms with E-state index < -0.39 is 11.7 Å². The third kappa shape index (κ3) is 4.69. The lowest BCUT2D eigenvalue weighted by Crippen LogP contribution is -2.36. The molecule has 0 bridgehead atoms. The summed E-state index contributed by atoms with van der Waals surface area (Å²) in [6.45, 7) is 0. The highest BCUT2D eigenvalue weighted by Crippen LogP contribution is 2.24. The van der Waals surface area contributed by atoms with Gasteiger partial charge in [-0.1, -0.05) is 31.4 Å². The lowest BCUT2D eigenvalue weighted by molar-refractivity contribution is 0.0927. The van der Waals surface area contributed by atoms with Gasteiger partial charge in [-0.3, -0.25) is 9.59 Å². The zero-order valence-corrected chi connectivity index (χ0v) is 18.6. The van der Waals surface area contributed by atoms with Crippen molar-refractivity contribution in [1.29, 1.82) is 0 Å². The van der Waals surface area contributed by atoms with Gasteiger partial charge >= 0.3 is 0 Å². The highest BCUT2D eigenvalue weighted by atomic mass is 19.1. The number of H-pyrrole nitrogens is 1. The minimum Gasteiger partial charge on any atom is -0.349 e. The lowest BCUT2D eigenvalue weighted by atomic mass is 9.95. The average Bonchev–Trinajstić information content (AvgIpc) is 3.29. The second-order valence-corrected chi connectivity index (χ2v) is 8.64. The van der Waals surface area contributed by atoms with Crippen molar-refractivity contribution in [2.24, 2.45) is 0 Å². The normalized spacial score (nSPS) is 14.1. The molecule has 0 aliphatic heterocycles. The summed E-state index contributed by atoms with van der Waals surface area (Å²) >= 11 is 0. The van der Waals surface area contributed by atoms with Gasteiger partial charge in [0.1, 0.15) is 11.6 Å². The fourth-order valence-corrected chi connectivity index (χ4v) is 4.36. The van der Waals surface area contributed by atoms with Crippen LogP contribution in [0.1, 0.15) is 52.8 Å². The molecule has 1 aliphatic rings. The Labute approximate surface area is 196 Å². The number of rotatable bonds is 5. The van der Waals surface area contributed by atoms with Crippen LogP contribution >= 0.6 is 0 Å². The summed E-state index contributed by atoms with van der Waals surface area (Å²) in [6, 6.07) is 18.7. The first kappa shape index (κ1) is 21.8. The van der Waals surface area contributed by atoms with Gasteiger partial charge in [0.05, 0.1) is 16.6 Å². The Balaban J connectivity index is 1.29. The summed E-state index contributed by atoms with van der Waals surface area (Å²) in [7, 11) is 0. The molecule has 0 saturated heterocycles. The molecule has 5 rings (SSSR count). The molecule has 172 valence electrons. The molecule has 2 amide bonds. The van der Waals surface area contributed by atoms with Gasteiger partial charge in [-0.25, -0.2) is 9.37 Å². The molecule has 7 heteroatoms. The summed E-state index contributed by atoms with van der Waals surface area (Å²) in [5.41, 5.74) is 3.53. The van der Waals surface area contributed by atoms with Crippen molar-refractivity contribution in [3.63, 3.8) is 0 Å². The van der Waals surface area contributed by atoms with Crippen molar-refractivity contribution < 1.29 is 14.0 Å². The van der Waals surface area contributed by atoms with Crippen LogP contribution in [0.15, 0.2) is 66.7 Å². The van der Waals surface area contributed by atoms with Crippen molar-refractivity contribution in [1.82, 2.24) is 15.3 Å². The van der Waals surface area contributed by atoms with Crippen molar-refractivity contribution in [2.75, 3.05) is 5.32 Å². The number of carbonyl (C=O) groups excluding carboxylic acids is 2. The number of hydrogen-bond donors (Lipinski definition) is 3. The van der Waals surface area contributed by atoms with Crippen LogP contribution < -0.4 is 10.6 Å². The van der Waals surface area contributed by atoms with E-state index in [9.17, 15) is 14.0 Å². The van der Waals surface area contributed by atoms with Crippen LogP contribution in [-0.4, -0.2) is 27.8 Å². The van der Waals surface area contributed by atoms with E-state index in [2.05, 4.69) is 20.6 Å². The van der Waals surface area contributed by atoms with Crippen molar-refractivity contribution >= 4 is 28.5 Å². The van der Waals surface area contributed by atoms with Crippen LogP contribution in [0.3, 0.4) is 0 Å². The molecule has 1 aromatic heterocycles. The summed E-state index contributed by atoms with van der Waals surface area (Å²) in [5.74, 6) is -0.467. The number of anilines is 1. The molecule has 3 aromatic carbocycles. The number of halogens is 1.